The van der Waals surface area contributed by atoms with Crippen molar-refractivity contribution in [3.05, 3.63) is 54.1 Å². The molecule has 2 N–H and O–H groups in total. The maximum absolute atomic E-state index is 6.39. The Morgan fingerprint density at radius 1 is 0.690 bits per heavy atom. The van der Waals surface area contributed by atoms with Gasteiger partial charge in [-0.15, -0.1) is 0 Å². The SMILES string of the molecule is Cc1cccc2cc3ccccc3c(OCCCCCCCCCCCCN)c12. The fourth-order valence-corrected chi connectivity index (χ4v) is 4.24. The van der Waals surface area contributed by atoms with Gasteiger partial charge < -0.3 is 10.5 Å². The highest BCUT2D eigenvalue weighted by atomic mass is 16.5. The average molecular weight is 392 g/mol. The number of benzene rings is 3. The molecule has 0 amide bonds. The first-order valence-corrected chi connectivity index (χ1v) is 11.5. The molecule has 0 unspecified atom stereocenters. The minimum absolute atomic E-state index is 0.802. The molecule has 0 saturated carbocycles. The smallest absolute Gasteiger partial charge is 0.135 e. The fourth-order valence-electron chi connectivity index (χ4n) is 4.24. The van der Waals surface area contributed by atoms with E-state index in [9.17, 15) is 0 Å². The number of ether oxygens (including phenoxy) is 1. The van der Waals surface area contributed by atoms with Crippen molar-refractivity contribution in [2.45, 2.75) is 71.1 Å². The Hall–Kier alpha value is -2.06. The van der Waals surface area contributed by atoms with Gasteiger partial charge in [0, 0.05) is 10.8 Å². The minimum atomic E-state index is 0.802. The van der Waals surface area contributed by atoms with Gasteiger partial charge in [0.2, 0.25) is 0 Å². The topological polar surface area (TPSA) is 35.2 Å². The highest BCUT2D eigenvalue weighted by Gasteiger charge is 2.10. The van der Waals surface area contributed by atoms with Gasteiger partial charge in [-0.05, 0) is 48.7 Å². The molecule has 0 saturated heterocycles. The lowest BCUT2D eigenvalue weighted by Gasteiger charge is -2.15. The number of nitrogens with two attached hydrogens (primary N) is 1. The lowest BCUT2D eigenvalue weighted by atomic mass is 9.99. The highest BCUT2D eigenvalue weighted by Crippen LogP contribution is 2.36. The van der Waals surface area contributed by atoms with Crippen LogP contribution in [0, 0.1) is 6.92 Å². The van der Waals surface area contributed by atoms with Crippen LogP contribution in [0.3, 0.4) is 0 Å². The first kappa shape index (κ1) is 21.6. The number of hydrogen-bond donors (Lipinski definition) is 1. The molecule has 0 aromatic heterocycles. The maximum Gasteiger partial charge on any atom is 0.135 e. The highest BCUT2D eigenvalue weighted by molar-refractivity contribution is 6.06. The molecule has 0 radical (unpaired) electrons. The van der Waals surface area contributed by atoms with Gasteiger partial charge in [0.05, 0.1) is 6.61 Å². The summed E-state index contributed by atoms with van der Waals surface area (Å²) in [4.78, 5) is 0. The van der Waals surface area contributed by atoms with E-state index in [1.807, 2.05) is 0 Å². The Balaban J connectivity index is 1.46. The Kier molecular flexibility index (Phi) is 8.82. The third kappa shape index (κ3) is 6.21. The van der Waals surface area contributed by atoms with Crippen molar-refractivity contribution in [3.8, 4) is 5.75 Å². The Morgan fingerprint density at radius 3 is 2.03 bits per heavy atom. The summed E-state index contributed by atoms with van der Waals surface area (Å²) in [5.41, 5.74) is 6.82. The van der Waals surface area contributed by atoms with E-state index >= 15 is 0 Å². The molecule has 29 heavy (non-hydrogen) atoms. The molecule has 3 aromatic rings. The van der Waals surface area contributed by atoms with Crippen molar-refractivity contribution in [1.82, 2.24) is 0 Å². The Bertz CT molecular complexity index is 886. The largest absolute Gasteiger partial charge is 0.492 e. The lowest BCUT2D eigenvalue weighted by Crippen LogP contribution is -1.99. The molecule has 0 spiro atoms. The van der Waals surface area contributed by atoms with Crippen LogP contribution in [0.25, 0.3) is 21.5 Å². The molecule has 2 heteroatoms. The van der Waals surface area contributed by atoms with E-state index in [4.69, 9.17) is 10.5 Å². The van der Waals surface area contributed by atoms with Gasteiger partial charge in [0.1, 0.15) is 5.75 Å². The third-order valence-corrected chi connectivity index (χ3v) is 5.89. The van der Waals surface area contributed by atoms with Crippen molar-refractivity contribution in [2.24, 2.45) is 5.73 Å². The van der Waals surface area contributed by atoms with Crippen LogP contribution >= 0.6 is 0 Å². The van der Waals surface area contributed by atoms with E-state index in [0.29, 0.717) is 0 Å². The van der Waals surface area contributed by atoms with Crippen LogP contribution in [0.4, 0.5) is 0 Å². The van der Waals surface area contributed by atoms with Crippen LogP contribution in [0.15, 0.2) is 48.5 Å². The zero-order valence-electron chi connectivity index (χ0n) is 18.1. The molecule has 3 rings (SSSR count). The second kappa shape index (κ2) is 11.8. The van der Waals surface area contributed by atoms with Gasteiger partial charge in [0.15, 0.2) is 0 Å². The van der Waals surface area contributed by atoms with Gasteiger partial charge in [-0.25, -0.2) is 0 Å². The molecular weight excluding hydrogens is 354 g/mol. The zero-order valence-corrected chi connectivity index (χ0v) is 18.1. The number of rotatable bonds is 13. The predicted molar refractivity (Wildman–Crippen MR) is 127 cm³/mol. The van der Waals surface area contributed by atoms with E-state index in [2.05, 4.69) is 55.5 Å². The molecule has 0 fully saturated rings. The third-order valence-electron chi connectivity index (χ3n) is 5.89. The van der Waals surface area contributed by atoms with Crippen molar-refractivity contribution in [3.63, 3.8) is 0 Å². The molecule has 0 aliphatic rings. The van der Waals surface area contributed by atoms with Crippen LogP contribution in [0.5, 0.6) is 5.75 Å². The normalized spacial score (nSPS) is 11.4. The van der Waals surface area contributed by atoms with E-state index in [1.165, 1.54) is 84.9 Å². The Morgan fingerprint density at radius 2 is 1.31 bits per heavy atom. The molecular formula is C27H37NO. The minimum Gasteiger partial charge on any atom is -0.492 e. The van der Waals surface area contributed by atoms with Crippen LogP contribution in [0.1, 0.15) is 69.8 Å². The molecule has 0 atom stereocenters. The number of aryl methyl sites for hydroxylation is 1. The second-order valence-corrected chi connectivity index (χ2v) is 8.27. The molecule has 0 heterocycles. The first-order chi connectivity index (χ1) is 14.3. The monoisotopic (exact) mass is 391 g/mol. The summed E-state index contributed by atoms with van der Waals surface area (Å²) in [6.07, 6.45) is 13.0. The molecule has 2 nitrogen and oxygen atoms in total. The predicted octanol–water partition coefficient (Wildman–Crippen LogP) is 7.54. The second-order valence-electron chi connectivity index (χ2n) is 8.27. The summed E-state index contributed by atoms with van der Waals surface area (Å²) >= 11 is 0. The van der Waals surface area contributed by atoms with Crippen LogP contribution in [0.2, 0.25) is 0 Å². The summed E-state index contributed by atoms with van der Waals surface area (Å²) < 4.78 is 6.39. The first-order valence-electron chi connectivity index (χ1n) is 11.5. The van der Waals surface area contributed by atoms with Gasteiger partial charge in [-0.3, -0.25) is 0 Å². The van der Waals surface area contributed by atoms with Crippen LogP contribution in [-0.2, 0) is 0 Å². The quantitative estimate of drug-likeness (QED) is 0.241. The molecule has 3 aromatic carbocycles. The molecule has 0 bridgehead atoms. The number of unbranched alkanes of at least 4 members (excludes halogenated alkanes) is 9. The van der Waals surface area contributed by atoms with E-state index in [-0.39, 0.29) is 0 Å². The van der Waals surface area contributed by atoms with Crippen LogP contribution < -0.4 is 10.5 Å². The average Bonchev–Trinajstić information content (AvgIpc) is 2.74. The summed E-state index contributed by atoms with van der Waals surface area (Å²) in [7, 11) is 0. The van der Waals surface area contributed by atoms with Gasteiger partial charge in [-0.2, -0.15) is 0 Å². The van der Waals surface area contributed by atoms with E-state index in [0.717, 1.165) is 25.3 Å². The summed E-state index contributed by atoms with van der Waals surface area (Å²) in [5, 5.41) is 5.02. The van der Waals surface area contributed by atoms with Crippen molar-refractivity contribution < 1.29 is 4.74 Å². The number of fused-ring (bicyclic) bond motifs is 2. The van der Waals surface area contributed by atoms with Crippen molar-refractivity contribution >= 4 is 21.5 Å². The molecule has 0 aliphatic heterocycles. The fraction of sp³-hybridized carbons (Fsp3) is 0.481. The van der Waals surface area contributed by atoms with E-state index < -0.39 is 0 Å². The Labute approximate surface area is 176 Å². The van der Waals surface area contributed by atoms with Crippen LogP contribution in [-0.4, -0.2) is 13.2 Å². The lowest BCUT2D eigenvalue weighted by molar-refractivity contribution is 0.311. The standard InChI is InChI=1S/C27H37NO/c1-22-15-14-17-24-21-23-16-10-11-18-25(23)27(26(22)24)29-20-13-9-7-5-3-2-4-6-8-12-19-28/h10-11,14-18,21H,2-9,12-13,19-20,28H2,1H3. The van der Waals surface area contributed by atoms with Gasteiger partial charge in [-0.1, -0.05) is 93.8 Å². The van der Waals surface area contributed by atoms with Crippen molar-refractivity contribution in [1.29, 1.82) is 0 Å². The van der Waals surface area contributed by atoms with Crippen molar-refractivity contribution in [2.75, 3.05) is 13.2 Å². The van der Waals surface area contributed by atoms with Gasteiger partial charge in [0.25, 0.3) is 0 Å². The molecule has 156 valence electrons. The molecule has 0 aliphatic carbocycles. The number of hydrogen-bond acceptors (Lipinski definition) is 2. The zero-order chi connectivity index (χ0) is 20.3. The van der Waals surface area contributed by atoms with Gasteiger partial charge >= 0.3 is 0 Å². The summed E-state index contributed by atoms with van der Waals surface area (Å²) in [6, 6.07) is 17.4. The maximum atomic E-state index is 6.39. The summed E-state index contributed by atoms with van der Waals surface area (Å²) in [6.45, 7) is 3.83. The summed E-state index contributed by atoms with van der Waals surface area (Å²) in [5.74, 6) is 1.06. The van der Waals surface area contributed by atoms with E-state index in [1.54, 1.807) is 0 Å².